The predicted octanol–water partition coefficient (Wildman–Crippen LogP) is 4.30. The minimum atomic E-state index is -0.649. The Labute approximate surface area is 162 Å². The van der Waals surface area contributed by atoms with E-state index >= 15 is 0 Å². The number of aliphatic carboxylic acids is 1. The van der Waals surface area contributed by atoms with Gasteiger partial charge in [0, 0.05) is 19.1 Å². The second-order valence-electron chi connectivity index (χ2n) is 8.77. The van der Waals surface area contributed by atoms with Crippen molar-refractivity contribution in [2.75, 3.05) is 19.7 Å². The number of fused-ring (bicyclic) bond motifs is 1. The van der Waals surface area contributed by atoms with Gasteiger partial charge in [0.15, 0.2) is 0 Å². The Morgan fingerprint density at radius 1 is 1.15 bits per heavy atom. The van der Waals surface area contributed by atoms with Crippen molar-refractivity contribution < 1.29 is 14.6 Å². The van der Waals surface area contributed by atoms with E-state index in [9.17, 15) is 4.79 Å². The maximum Gasteiger partial charge on any atom is 0.309 e. The lowest BCUT2D eigenvalue weighted by molar-refractivity contribution is -0.148. The molecule has 0 spiro atoms. The molecular formula is C23H33NO3. The van der Waals surface area contributed by atoms with E-state index in [1.807, 2.05) is 0 Å². The van der Waals surface area contributed by atoms with Gasteiger partial charge in [-0.15, -0.1) is 0 Å². The van der Waals surface area contributed by atoms with Crippen LogP contribution in [-0.4, -0.2) is 41.7 Å². The smallest absolute Gasteiger partial charge is 0.309 e. The Bertz CT molecular complexity index is 647. The normalized spacial score (nSPS) is 24.2. The van der Waals surface area contributed by atoms with Gasteiger partial charge in [-0.2, -0.15) is 0 Å². The maximum absolute atomic E-state index is 11.1. The second kappa shape index (κ2) is 8.64. The summed E-state index contributed by atoms with van der Waals surface area (Å²) >= 11 is 0. The van der Waals surface area contributed by atoms with Crippen molar-refractivity contribution in [3.63, 3.8) is 0 Å². The van der Waals surface area contributed by atoms with Crippen molar-refractivity contribution in [2.45, 2.75) is 70.3 Å². The number of likely N-dealkylation sites (tertiary alicyclic amines) is 1. The molecule has 0 amide bonds. The van der Waals surface area contributed by atoms with E-state index in [4.69, 9.17) is 9.84 Å². The molecule has 1 heterocycles. The van der Waals surface area contributed by atoms with Crippen molar-refractivity contribution >= 4 is 5.97 Å². The Kier molecular flexibility index (Phi) is 6.01. The lowest BCUT2D eigenvalue weighted by Crippen LogP contribution is -2.56. The first-order chi connectivity index (χ1) is 13.2. The molecule has 1 atom stereocenters. The third kappa shape index (κ3) is 4.48. The van der Waals surface area contributed by atoms with Gasteiger partial charge in [0.1, 0.15) is 5.75 Å². The minimum Gasteiger partial charge on any atom is -0.493 e. The van der Waals surface area contributed by atoms with Crippen molar-refractivity contribution in [3.05, 3.63) is 29.3 Å². The number of ether oxygens (including phenoxy) is 1. The maximum atomic E-state index is 11.1. The van der Waals surface area contributed by atoms with Crippen LogP contribution in [-0.2, 0) is 17.6 Å². The molecule has 1 unspecified atom stereocenters. The van der Waals surface area contributed by atoms with Crippen LogP contribution in [0.25, 0.3) is 0 Å². The van der Waals surface area contributed by atoms with Crippen LogP contribution < -0.4 is 4.74 Å². The molecule has 1 aromatic carbocycles. The van der Waals surface area contributed by atoms with E-state index in [-0.39, 0.29) is 5.92 Å². The van der Waals surface area contributed by atoms with Crippen LogP contribution in [0.2, 0.25) is 0 Å². The second-order valence-corrected chi connectivity index (χ2v) is 8.77. The summed E-state index contributed by atoms with van der Waals surface area (Å²) in [5, 5.41) is 9.12. The van der Waals surface area contributed by atoms with Crippen LogP contribution in [0.1, 0.15) is 62.5 Å². The SMILES string of the molecule is O=C(O)C1CN(C2CCc3cccc(OCCCC4CCCCC4)c3C2)C1. The zero-order chi connectivity index (χ0) is 18.6. The van der Waals surface area contributed by atoms with Crippen LogP contribution in [0.4, 0.5) is 0 Å². The summed E-state index contributed by atoms with van der Waals surface area (Å²) in [6, 6.07) is 6.95. The predicted molar refractivity (Wildman–Crippen MR) is 106 cm³/mol. The van der Waals surface area contributed by atoms with Crippen LogP contribution in [0.3, 0.4) is 0 Å². The average molecular weight is 372 g/mol. The fourth-order valence-electron chi connectivity index (χ4n) is 5.18. The van der Waals surface area contributed by atoms with Gasteiger partial charge >= 0.3 is 5.97 Å². The summed E-state index contributed by atoms with van der Waals surface area (Å²) in [6.07, 6.45) is 12.8. The standard InChI is InChI=1S/C23H33NO3/c25-23(26)19-15-24(16-19)20-12-11-18-9-4-10-22(21(18)14-20)27-13-5-8-17-6-2-1-3-7-17/h4,9-10,17,19-20H,1-3,5-8,11-16H2,(H,25,26). The van der Waals surface area contributed by atoms with Gasteiger partial charge in [0.25, 0.3) is 0 Å². The largest absolute Gasteiger partial charge is 0.493 e. The van der Waals surface area contributed by atoms with Crippen LogP contribution in [0.5, 0.6) is 5.75 Å². The highest BCUT2D eigenvalue weighted by Crippen LogP contribution is 2.34. The number of carbonyl (C=O) groups is 1. The number of carboxylic acid groups (broad SMARTS) is 1. The molecule has 0 radical (unpaired) electrons. The van der Waals surface area contributed by atoms with E-state index in [2.05, 4.69) is 23.1 Å². The van der Waals surface area contributed by atoms with Crippen molar-refractivity contribution in [3.8, 4) is 5.75 Å². The van der Waals surface area contributed by atoms with Gasteiger partial charge in [-0.05, 0) is 55.2 Å². The molecular weight excluding hydrogens is 338 g/mol. The Hall–Kier alpha value is -1.55. The lowest BCUT2D eigenvalue weighted by atomic mass is 9.84. The van der Waals surface area contributed by atoms with Crippen molar-refractivity contribution in [1.29, 1.82) is 0 Å². The van der Waals surface area contributed by atoms with E-state index in [0.717, 1.165) is 44.0 Å². The van der Waals surface area contributed by atoms with E-state index in [1.54, 1.807) is 0 Å². The molecule has 2 aliphatic carbocycles. The number of carboxylic acids is 1. The number of hydrogen-bond acceptors (Lipinski definition) is 3. The minimum absolute atomic E-state index is 0.169. The monoisotopic (exact) mass is 371 g/mol. The number of aryl methyl sites for hydroxylation is 1. The zero-order valence-corrected chi connectivity index (χ0v) is 16.4. The van der Waals surface area contributed by atoms with Gasteiger partial charge in [-0.1, -0.05) is 44.2 Å². The first-order valence-corrected chi connectivity index (χ1v) is 10.9. The molecule has 4 heteroatoms. The Morgan fingerprint density at radius 3 is 2.74 bits per heavy atom. The van der Waals surface area contributed by atoms with Crippen LogP contribution in [0.15, 0.2) is 18.2 Å². The molecule has 1 aliphatic heterocycles. The third-order valence-corrected chi connectivity index (χ3v) is 6.93. The molecule has 4 nitrogen and oxygen atoms in total. The molecule has 1 N–H and O–H groups in total. The molecule has 4 rings (SSSR count). The summed E-state index contributed by atoms with van der Waals surface area (Å²) in [5.74, 6) is 1.17. The molecule has 1 aromatic rings. The first-order valence-electron chi connectivity index (χ1n) is 10.9. The molecule has 1 saturated carbocycles. The van der Waals surface area contributed by atoms with Gasteiger partial charge in [0.2, 0.25) is 0 Å². The Morgan fingerprint density at radius 2 is 1.96 bits per heavy atom. The first kappa shape index (κ1) is 18.8. The molecule has 1 saturated heterocycles. The van der Waals surface area contributed by atoms with E-state index < -0.39 is 5.97 Å². The quantitative estimate of drug-likeness (QED) is 0.726. The summed E-state index contributed by atoms with van der Waals surface area (Å²) in [5.41, 5.74) is 2.79. The van der Waals surface area contributed by atoms with Gasteiger partial charge in [0.05, 0.1) is 12.5 Å². The van der Waals surface area contributed by atoms with Crippen LogP contribution >= 0.6 is 0 Å². The lowest BCUT2D eigenvalue weighted by Gasteiger charge is -2.44. The highest BCUT2D eigenvalue weighted by Gasteiger charge is 2.38. The van der Waals surface area contributed by atoms with Crippen molar-refractivity contribution in [2.24, 2.45) is 11.8 Å². The highest BCUT2D eigenvalue weighted by atomic mass is 16.5. The van der Waals surface area contributed by atoms with Crippen LogP contribution in [0, 0.1) is 11.8 Å². The molecule has 2 fully saturated rings. The third-order valence-electron chi connectivity index (χ3n) is 6.93. The van der Waals surface area contributed by atoms with Gasteiger partial charge in [-0.3, -0.25) is 9.69 Å². The van der Waals surface area contributed by atoms with Gasteiger partial charge < -0.3 is 9.84 Å². The molecule has 0 bridgehead atoms. The number of hydrogen-bond donors (Lipinski definition) is 1. The molecule has 148 valence electrons. The molecule has 3 aliphatic rings. The Balaban J connectivity index is 1.29. The topological polar surface area (TPSA) is 49.8 Å². The van der Waals surface area contributed by atoms with E-state index in [0.29, 0.717) is 19.1 Å². The number of benzene rings is 1. The fraction of sp³-hybridized carbons (Fsp3) is 0.696. The summed E-state index contributed by atoms with van der Waals surface area (Å²) in [6.45, 7) is 2.24. The number of rotatable bonds is 7. The highest BCUT2D eigenvalue weighted by molar-refractivity contribution is 5.71. The van der Waals surface area contributed by atoms with E-state index in [1.165, 1.54) is 49.7 Å². The zero-order valence-electron chi connectivity index (χ0n) is 16.4. The summed E-state index contributed by atoms with van der Waals surface area (Å²) < 4.78 is 6.22. The van der Waals surface area contributed by atoms with Crippen molar-refractivity contribution in [1.82, 2.24) is 4.90 Å². The fourth-order valence-corrected chi connectivity index (χ4v) is 5.18. The number of nitrogens with zero attached hydrogens (tertiary/aromatic N) is 1. The molecule has 27 heavy (non-hydrogen) atoms. The summed E-state index contributed by atoms with van der Waals surface area (Å²) in [7, 11) is 0. The summed E-state index contributed by atoms with van der Waals surface area (Å²) in [4.78, 5) is 13.4. The average Bonchev–Trinajstić information content (AvgIpc) is 2.65. The molecule has 0 aromatic heterocycles. The van der Waals surface area contributed by atoms with Gasteiger partial charge in [-0.25, -0.2) is 0 Å².